The van der Waals surface area contributed by atoms with Crippen LogP contribution in [0.2, 0.25) is 0 Å². The van der Waals surface area contributed by atoms with E-state index >= 15 is 0 Å². The molecule has 3 rings (SSSR count). The Morgan fingerprint density at radius 2 is 2.13 bits per heavy atom. The summed E-state index contributed by atoms with van der Waals surface area (Å²) >= 11 is 0. The van der Waals surface area contributed by atoms with E-state index in [2.05, 4.69) is 34.7 Å². The van der Waals surface area contributed by atoms with Gasteiger partial charge in [-0.05, 0) is 29.3 Å². The number of fused-ring (bicyclic) bond motifs is 1. The predicted molar refractivity (Wildman–Crippen MR) is 84.5 cm³/mol. The number of furan rings is 1. The summed E-state index contributed by atoms with van der Waals surface area (Å²) in [6, 6.07) is 7.68. The molecule has 2 heterocycles. The normalized spacial score (nSPS) is 12.7. The third kappa shape index (κ3) is 3.08. The molecular weight excluding hydrogens is 294 g/mol. The first-order valence-corrected chi connectivity index (χ1v) is 7.54. The molecule has 2 aromatic heterocycles. The van der Waals surface area contributed by atoms with Crippen LogP contribution in [0.3, 0.4) is 0 Å². The van der Waals surface area contributed by atoms with Crippen molar-refractivity contribution in [3.05, 3.63) is 41.9 Å². The van der Waals surface area contributed by atoms with E-state index in [1.165, 1.54) is 11.0 Å². The van der Waals surface area contributed by atoms with Crippen molar-refractivity contribution in [2.75, 3.05) is 0 Å². The van der Waals surface area contributed by atoms with Gasteiger partial charge in [-0.1, -0.05) is 32.0 Å². The molecule has 0 radical (unpaired) electrons. The molecule has 0 aliphatic carbocycles. The molecule has 1 aromatic carbocycles. The van der Waals surface area contributed by atoms with Crippen LogP contribution in [0, 0.1) is 12.8 Å². The van der Waals surface area contributed by atoms with Crippen LogP contribution in [0.1, 0.15) is 31.2 Å². The van der Waals surface area contributed by atoms with Gasteiger partial charge in [0, 0.05) is 10.9 Å². The number of amides is 1. The standard InChI is InChI=1S/C16H19N5O2/c1-10(2)15(18-14(22)8-21-9-17-19-20-21)16-11(3)12-6-4-5-7-13(12)23-16/h4-7,9-10,15H,8H2,1-3H3,(H,18,22). The molecule has 7 nitrogen and oxygen atoms in total. The maximum atomic E-state index is 12.3. The van der Waals surface area contributed by atoms with E-state index in [0.717, 1.165) is 22.3 Å². The molecule has 1 atom stereocenters. The summed E-state index contributed by atoms with van der Waals surface area (Å²) in [5.41, 5.74) is 1.89. The second-order valence-electron chi connectivity index (χ2n) is 5.88. The average Bonchev–Trinajstić information content (AvgIpc) is 3.13. The predicted octanol–water partition coefficient (Wildman–Crippen LogP) is 2.24. The molecule has 0 bridgehead atoms. The first-order chi connectivity index (χ1) is 11.1. The van der Waals surface area contributed by atoms with Gasteiger partial charge in [0.2, 0.25) is 5.91 Å². The number of hydrogen-bond acceptors (Lipinski definition) is 5. The zero-order valence-corrected chi connectivity index (χ0v) is 13.4. The quantitative estimate of drug-likeness (QED) is 0.780. The van der Waals surface area contributed by atoms with Gasteiger partial charge in [0.05, 0.1) is 6.04 Å². The van der Waals surface area contributed by atoms with Gasteiger partial charge < -0.3 is 9.73 Å². The molecule has 0 spiro atoms. The summed E-state index contributed by atoms with van der Waals surface area (Å²) in [6.45, 7) is 6.20. The highest BCUT2D eigenvalue weighted by Gasteiger charge is 2.25. The van der Waals surface area contributed by atoms with Crippen LogP contribution in [0.5, 0.6) is 0 Å². The molecule has 3 aromatic rings. The Balaban J connectivity index is 1.85. The van der Waals surface area contributed by atoms with Gasteiger partial charge in [0.25, 0.3) is 0 Å². The summed E-state index contributed by atoms with van der Waals surface area (Å²) in [7, 11) is 0. The van der Waals surface area contributed by atoms with E-state index in [-0.39, 0.29) is 24.4 Å². The largest absolute Gasteiger partial charge is 0.459 e. The number of benzene rings is 1. The SMILES string of the molecule is Cc1c(C(NC(=O)Cn2cnnn2)C(C)C)oc2ccccc12. The van der Waals surface area contributed by atoms with Gasteiger partial charge in [0.1, 0.15) is 24.2 Å². The monoisotopic (exact) mass is 313 g/mol. The van der Waals surface area contributed by atoms with Crippen molar-refractivity contribution in [3.8, 4) is 0 Å². The van der Waals surface area contributed by atoms with Crippen molar-refractivity contribution >= 4 is 16.9 Å². The third-order valence-corrected chi connectivity index (χ3v) is 3.84. The van der Waals surface area contributed by atoms with Crippen molar-refractivity contribution in [1.82, 2.24) is 25.5 Å². The lowest BCUT2D eigenvalue weighted by molar-refractivity contribution is -0.123. The van der Waals surface area contributed by atoms with E-state index in [4.69, 9.17) is 4.42 Å². The summed E-state index contributed by atoms with van der Waals surface area (Å²) in [4.78, 5) is 12.3. The van der Waals surface area contributed by atoms with E-state index in [1.807, 2.05) is 31.2 Å². The van der Waals surface area contributed by atoms with Crippen molar-refractivity contribution in [2.24, 2.45) is 5.92 Å². The van der Waals surface area contributed by atoms with E-state index < -0.39 is 0 Å². The fourth-order valence-electron chi connectivity index (χ4n) is 2.64. The Labute approximate surface area is 133 Å². The molecular formula is C16H19N5O2. The lowest BCUT2D eigenvalue weighted by atomic mass is 9.98. The van der Waals surface area contributed by atoms with Crippen LogP contribution in [0.4, 0.5) is 0 Å². The molecule has 23 heavy (non-hydrogen) atoms. The first kappa shape index (κ1) is 15.2. The summed E-state index contributed by atoms with van der Waals surface area (Å²) < 4.78 is 7.38. The highest BCUT2D eigenvalue weighted by atomic mass is 16.3. The maximum absolute atomic E-state index is 12.3. The molecule has 1 unspecified atom stereocenters. The number of nitrogens with one attached hydrogen (secondary N) is 1. The second-order valence-corrected chi connectivity index (χ2v) is 5.88. The van der Waals surface area contributed by atoms with Gasteiger partial charge >= 0.3 is 0 Å². The lowest BCUT2D eigenvalue weighted by Gasteiger charge is -2.21. The minimum Gasteiger partial charge on any atom is -0.459 e. The van der Waals surface area contributed by atoms with Crippen LogP contribution >= 0.6 is 0 Å². The summed E-state index contributed by atoms with van der Waals surface area (Å²) in [5.74, 6) is 0.828. The minimum absolute atomic E-state index is 0.0789. The average molecular weight is 313 g/mol. The van der Waals surface area contributed by atoms with Crippen molar-refractivity contribution < 1.29 is 9.21 Å². The van der Waals surface area contributed by atoms with Gasteiger partial charge in [-0.2, -0.15) is 0 Å². The van der Waals surface area contributed by atoms with Crippen LogP contribution < -0.4 is 5.32 Å². The molecule has 0 fully saturated rings. The maximum Gasteiger partial charge on any atom is 0.242 e. The number of hydrogen-bond donors (Lipinski definition) is 1. The van der Waals surface area contributed by atoms with E-state index in [9.17, 15) is 4.79 Å². The number of tetrazole rings is 1. The molecule has 0 aliphatic heterocycles. The fraction of sp³-hybridized carbons (Fsp3) is 0.375. The van der Waals surface area contributed by atoms with Crippen molar-refractivity contribution in [1.29, 1.82) is 0 Å². The van der Waals surface area contributed by atoms with Gasteiger partial charge in [-0.25, -0.2) is 4.68 Å². The minimum atomic E-state index is -0.202. The van der Waals surface area contributed by atoms with E-state index in [0.29, 0.717) is 0 Å². The molecule has 1 N–H and O–H groups in total. The molecule has 120 valence electrons. The molecule has 0 saturated heterocycles. The number of aryl methyl sites for hydroxylation is 1. The Bertz CT molecular complexity index is 807. The zero-order valence-electron chi connectivity index (χ0n) is 13.4. The molecule has 0 saturated carbocycles. The number of carbonyl (C=O) groups excluding carboxylic acids is 1. The highest BCUT2D eigenvalue weighted by molar-refractivity contribution is 5.82. The van der Waals surface area contributed by atoms with Gasteiger partial charge in [-0.15, -0.1) is 5.10 Å². The Morgan fingerprint density at radius 3 is 2.78 bits per heavy atom. The van der Waals surface area contributed by atoms with Crippen molar-refractivity contribution in [3.63, 3.8) is 0 Å². The van der Waals surface area contributed by atoms with Crippen LogP contribution in [0.15, 0.2) is 35.0 Å². The lowest BCUT2D eigenvalue weighted by Crippen LogP contribution is -2.34. The fourth-order valence-corrected chi connectivity index (χ4v) is 2.64. The van der Waals surface area contributed by atoms with Crippen LogP contribution in [-0.4, -0.2) is 26.1 Å². The van der Waals surface area contributed by atoms with Gasteiger partial charge in [0.15, 0.2) is 0 Å². The smallest absolute Gasteiger partial charge is 0.242 e. The van der Waals surface area contributed by atoms with Gasteiger partial charge in [-0.3, -0.25) is 4.79 Å². The third-order valence-electron chi connectivity index (χ3n) is 3.84. The number of para-hydroxylation sites is 1. The highest BCUT2D eigenvalue weighted by Crippen LogP contribution is 2.32. The Kier molecular flexibility index (Phi) is 4.10. The second kappa shape index (κ2) is 6.20. The topological polar surface area (TPSA) is 85.8 Å². The summed E-state index contributed by atoms with van der Waals surface area (Å²) in [6.07, 6.45) is 1.41. The number of aromatic nitrogens is 4. The molecule has 7 heteroatoms. The first-order valence-electron chi connectivity index (χ1n) is 7.54. The molecule has 1 amide bonds. The number of nitrogens with zero attached hydrogens (tertiary/aromatic N) is 4. The van der Waals surface area contributed by atoms with Crippen LogP contribution in [0.25, 0.3) is 11.0 Å². The van der Waals surface area contributed by atoms with Crippen LogP contribution in [-0.2, 0) is 11.3 Å². The Hall–Kier alpha value is -2.70. The summed E-state index contributed by atoms with van der Waals surface area (Å²) in [5, 5.41) is 14.8. The number of rotatable bonds is 5. The zero-order chi connectivity index (χ0) is 16.4. The van der Waals surface area contributed by atoms with Crippen molar-refractivity contribution in [2.45, 2.75) is 33.4 Å². The van der Waals surface area contributed by atoms with E-state index in [1.54, 1.807) is 0 Å². The molecule has 0 aliphatic rings. The number of carbonyl (C=O) groups is 1. The Morgan fingerprint density at radius 1 is 1.35 bits per heavy atom.